The average Bonchev–Trinajstić information content (AvgIpc) is 3.04. The van der Waals surface area contributed by atoms with E-state index >= 15 is 0 Å². The van der Waals surface area contributed by atoms with Crippen LogP contribution in [0.3, 0.4) is 0 Å². The van der Waals surface area contributed by atoms with Crippen LogP contribution in [0.1, 0.15) is 70.3 Å². The summed E-state index contributed by atoms with van der Waals surface area (Å²) < 4.78 is 0. The Hall–Kier alpha value is -2.08. The summed E-state index contributed by atoms with van der Waals surface area (Å²) in [5, 5.41) is 12.8. The van der Waals surface area contributed by atoms with E-state index in [1.165, 1.54) is 5.69 Å². The van der Waals surface area contributed by atoms with Crippen LogP contribution in [-0.4, -0.2) is 53.6 Å². The molecular weight excluding hydrogens is 390 g/mol. The lowest BCUT2D eigenvalue weighted by Gasteiger charge is -2.42. The van der Waals surface area contributed by atoms with E-state index < -0.39 is 0 Å². The summed E-state index contributed by atoms with van der Waals surface area (Å²) in [6.07, 6.45) is 7.60. The van der Waals surface area contributed by atoms with Crippen molar-refractivity contribution in [2.75, 3.05) is 29.9 Å². The zero-order valence-electron chi connectivity index (χ0n) is 19.0. The number of rotatable bonds is 5. The average molecular weight is 428 g/mol. The third-order valence-corrected chi connectivity index (χ3v) is 7.53. The number of likely N-dealkylation sites (tertiary alicyclic amines) is 1. The molecule has 31 heavy (non-hydrogen) atoms. The largest absolute Gasteiger partial charge is 0.393 e. The zero-order chi connectivity index (χ0) is 22.0. The van der Waals surface area contributed by atoms with Gasteiger partial charge >= 0.3 is 0 Å². The predicted molar refractivity (Wildman–Crippen MR) is 123 cm³/mol. The Kier molecular flexibility index (Phi) is 6.56. The number of anilines is 2. The fourth-order valence-electron chi connectivity index (χ4n) is 5.82. The highest BCUT2D eigenvalue weighted by Crippen LogP contribution is 2.44. The standard InChI is InChI=1S/C25H37N3O3/c1-3-5-23(30)26-19-6-11-22(18(2)16-19)27-14-4-12-25(17-27)13-15-28(24(25)31)20-7-9-21(29)10-8-20/h6,11,16,20-21,29H,3-5,7-10,12-15,17H2,1-2H3,(H,26,30)/t20?,21?,25-/m1/s1. The lowest BCUT2D eigenvalue weighted by atomic mass is 9.78. The molecule has 0 radical (unpaired) electrons. The van der Waals surface area contributed by atoms with E-state index in [1.807, 2.05) is 19.1 Å². The fourth-order valence-corrected chi connectivity index (χ4v) is 5.82. The van der Waals surface area contributed by atoms with E-state index in [2.05, 4.69) is 28.1 Å². The minimum absolute atomic E-state index is 0.0541. The maximum Gasteiger partial charge on any atom is 0.230 e. The number of carbonyl (C=O) groups excluding carboxylic acids is 2. The number of piperidine rings is 1. The number of aliphatic hydroxyl groups is 1. The molecule has 6 nitrogen and oxygen atoms in total. The zero-order valence-corrected chi connectivity index (χ0v) is 19.0. The summed E-state index contributed by atoms with van der Waals surface area (Å²) in [5.41, 5.74) is 2.87. The van der Waals surface area contributed by atoms with Gasteiger partial charge in [-0.15, -0.1) is 0 Å². The summed E-state index contributed by atoms with van der Waals surface area (Å²) in [7, 11) is 0. The SMILES string of the molecule is CCCC(=O)Nc1ccc(N2CCC[C@@]3(CCN(C4CCC(O)CC4)C3=O)C2)c(C)c1. The second kappa shape index (κ2) is 9.19. The molecule has 170 valence electrons. The number of aliphatic hydroxyl groups excluding tert-OH is 1. The molecule has 3 aliphatic rings. The number of amides is 2. The molecule has 0 bridgehead atoms. The van der Waals surface area contributed by atoms with Crippen molar-refractivity contribution in [3.05, 3.63) is 23.8 Å². The van der Waals surface area contributed by atoms with E-state index in [-0.39, 0.29) is 17.4 Å². The van der Waals surface area contributed by atoms with Gasteiger partial charge in [0.2, 0.25) is 11.8 Å². The molecule has 6 heteroatoms. The van der Waals surface area contributed by atoms with Crippen LogP contribution in [0.2, 0.25) is 0 Å². The van der Waals surface area contributed by atoms with Gasteiger partial charge in [-0.25, -0.2) is 0 Å². The number of nitrogens with one attached hydrogen (secondary N) is 1. The Morgan fingerprint density at radius 2 is 1.97 bits per heavy atom. The second-order valence-corrected chi connectivity index (χ2v) is 9.82. The smallest absolute Gasteiger partial charge is 0.230 e. The van der Waals surface area contributed by atoms with Gasteiger partial charge in [-0.3, -0.25) is 9.59 Å². The summed E-state index contributed by atoms with van der Waals surface area (Å²) in [5.74, 6) is 0.387. The van der Waals surface area contributed by atoms with Crippen LogP contribution >= 0.6 is 0 Å². The van der Waals surface area contributed by atoms with Crippen LogP contribution in [0.15, 0.2) is 18.2 Å². The molecule has 2 heterocycles. The maximum atomic E-state index is 13.6. The summed E-state index contributed by atoms with van der Waals surface area (Å²) in [6, 6.07) is 6.42. The van der Waals surface area contributed by atoms with Gasteiger partial charge in [0.1, 0.15) is 0 Å². The third kappa shape index (κ3) is 4.59. The highest BCUT2D eigenvalue weighted by Gasteiger charge is 2.50. The molecular formula is C25H37N3O3. The van der Waals surface area contributed by atoms with Gasteiger partial charge in [0.25, 0.3) is 0 Å². The number of hydrogen-bond donors (Lipinski definition) is 2. The first-order valence-electron chi connectivity index (χ1n) is 12.1. The molecule has 2 amide bonds. The molecule has 1 atom stereocenters. The molecule has 1 saturated carbocycles. The highest BCUT2D eigenvalue weighted by atomic mass is 16.3. The molecule has 1 aromatic rings. The Balaban J connectivity index is 1.45. The van der Waals surface area contributed by atoms with Crippen molar-refractivity contribution in [1.29, 1.82) is 0 Å². The van der Waals surface area contributed by atoms with E-state index in [9.17, 15) is 14.7 Å². The van der Waals surface area contributed by atoms with Crippen molar-refractivity contribution in [3.8, 4) is 0 Å². The Morgan fingerprint density at radius 3 is 2.68 bits per heavy atom. The molecule has 1 spiro atoms. The fraction of sp³-hybridized carbons (Fsp3) is 0.680. The summed E-state index contributed by atoms with van der Waals surface area (Å²) in [4.78, 5) is 30.0. The van der Waals surface area contributed by atoms with Crippen molar-refractivity contribution < 1.29 is 14.7 Å². The molecule has 0 unspecified atom stereocenters. The first-order valence-corrected chi connectivity index (χ1v) is 12.1. The van der Waals surface area contributed by atoms with Gasteiger partial charge in [-0.2, -0.15) is 0 Å². The number of benzene rings is 1. The van der Waals surface area contributed by atoms with Crippen LogP contribution in [0, 0.1) is 12.3 Å². The normalized spacial score (nSPS) is 28.9. The molecule has 2 aliphatic heterocycles. The van der Waals surface area contributed by atoms with Gasteiger partial charge in [0.05, 0.1) is 11.5 Å². The van der Waals surface area contributed by atoms with Gasteiger partial charge in [-0.05, 0) is 82.1 Å². The monoisotopic (exact) mass is 427 g/mol. The molecule has 4 rings (SSSR count). The number of carbonyl (C=O) groups is 2. The van der Waals surface area contributed by atoms with Gasteiger partial charge < -0.3 is 20.2 Å². The predicted octanol–water partition coefficient (Wildman–Crippen LogP) is 3.86. The van der Waals surface area contributed by atoms with Gasteiger partial charge in [-0.1, -0.05) is 6.92 Å². The summed E-state index contributed by atoms with van der Waals surface area (Å²) >= 11 is 0. The Labute approximate surface area is 186 Å². The molecule has 1 aliphatic carbocycles. The number of nitrogens with zero attached hydrogens (tertiary/aromatic N) is 2. The van der Waals surface area contributed by atoms with Crippen LogP contribution < -0.4 is 10.2 Å². The Morgan fingerprint density at radius 1 is 1.19 bits per heavy atom. The topological polar surface area (TPSA) is 72.9 Å². The lowest BCUT2D eigenvalue weighted by Crippen LogP contribution is -2.50. The van der Waals surface area contributed by atoms with E-state index in [0.717, 1.165) is 82.3 Å². The van der Waals surface area contributed by atoms with E-state index in [0.29, 0.717) is 18.4 Å². The van der Waals surface area contributed by atoms with Crippen molar-refractivity contribution in [1.82, 2.24) is 4.90 Å². The van der Waals surface area contributed by atoms with Crippen molar-refractivity contribution >= 4 is 23.2 Å². The van der Waals surface area contributed by atoms with Crippen molar-refractivity contribution in [3.63, 3.8) is 0 Å². The number of aryl methyl sites for hydroxylation is 1. The molecule has 2 N–H and O–H groups in total. The maximum absolute atomic E-state index is 13.6. The summed E-state index contributed by atoms with van der Waals surface area (Å²) in [6.45, 7) is 6.69. The quantitative estimate of drug-likeness (QED) is 0.749. The highest BCUT2D eigenvalue weighted by molar-refractivity contribution is 5.91. The molecule has 0 aromatic heterocycles. The minimum Gasteiger partial charge on any atom is -0.393 e. The minimum atomic E-state index is -0.269. The van der Waals surface area contributed by atoms with Crippen molar-refractivity contribution in [2.45, 2.75) is 83.8 Å². The van der Waals surface area contributed by atoms with Crippen LogP contribution in [0.25, 0.3) is 0 Å². The second-order valence-electron chi connectivity index (χ2n) is 9.82. The molecule has 2 saturated heterocycles. The first-order chi connectivity index (χ1) is 14.9. The Bertz CT molecular complexity index is 818. The van der Waals surface area contributed by atoms with Gasteiger partial charge in [0, 0.05) is 43.5 Å². The molecule has 3 fully saturated rings. The third-order valence-electron chi connectivity index (χ3n) is 7.53. The van der Waals surface area contributed by atoms with Crippen molar-refractivity contribution in [2.24, 2.45) is 5.41 Å². The lowest BCUT2D eigenvalue weighted by molar-refractivity contribution is -0.139. The van der Waals surface area contributed by atoms with E-state index in [1.54, 1.807) is 0 Å². The first kappa shape index (κ1) is 22.1. The number of hydrogen-bond acceptors (Lipinski definition) is 4. The van der Waals surface area contributed by atoms with Crippen LogP contribution in [-0.2, 0) is 9.59 Å². The van der Waals surface area contributed by atoms with E-state index in [4.69, 9.17) is 0 Å². The molecule has 1 aromatic carbocycles. The van der Waals surface area contributed by atoms with Crippen LogP contribution in [0.4, 0.5) is 11.4 Å². The van der Waals surface area contributed by atoms with Gasteiger partial charge in [0.15, 0.2) is 0 Å². The van der Waals surface area contributed by atoms with Crippen LogP contribution in [0.5, 0.6) is 0 Å².